The summed E-state index contributed by atoms with van der Waals surface area (Å²) >= 11 is 0. The van der Waals surface area contributed by atoms with Gasteiger partial charge >= 0.3 is 0 Å². The summed E-state index contributed by atoms with van der Waals surface area (Å²) in [6.07, 6.45) is 4.59. The molecule has 0 radical (unpaired) electrons. The fourth-order valence-electron chi connectivity index (χ4n) is 2.66. The van der Waals surface area contributed by atoms with E-state index in [0.717, 1.165) is 31.2 Å². The second-order valence-corrected chi connectivity index (χ2v) is 5.66. The highest BCUT2D eigenvalue weighted by molar-refractivity contribution is 5.77. The van der Waals surface area contributed by atoms with Crippen molar-refractivity contribution in [1.29, 1.82) is 0 Å². The molecule has 1 aromatic rings. The molecule has 0 heterocycles. The van der Waals surface area contributed by atoms with E-state index in [0.29, 0.717) is 13.0 Å². The number of amides is 1. The van der Waals surface area contributed by atoms with Crippen LogP contribution in [0.15, 0.2) is 24.3 Å². The first-order valence-electron chi connectivity index (χ1n) is 6.79. The van der Waals surface area contributed by atoms with Gasteiger partial charge in [-0.25, -0.2) is 0 Å². The molecule has 2 rings (SSSR count). The van der Waals surface area contributed by atoms with Crippen LogP contribution in [0.2, 0.25) is 0 Å². The maximum Gasteiger partial charge on any atom is 0.224 e. The Morgan fingerprint density at radius 3 is 2.47 bits per heavy atom. The Morgan fingerprint density at radius 1 is 1.32 bits per heavy atom. The lowest BCUT2D eigenvalue weighted by atomic mass is 9.94. The van der Waals surface area contributed by atoms with Crippen LogP contribution >= 0.6 is 0 Å². The first-order chi connectivity index (χ1) is 8.98. The highest BCUT2D eigenvalue weighted by Gasteiger charge is 2.32. The monoisotopic (exact) mass is 262 g/mol. The van der Waals surface area contributed by atoms with Gasteiger partial charge in [0.05, 0.1) is 0 Å². The minimum atomic E-state index is -0.291. The first-order valence-corrected chi connectivity index (χ1v) is 6.79. The molecule has 104 valence electrons. The van der Waals surface area contributed by atoms with Crippen LogP contribution in [-0.2, 0) is 11.3 Å². The van der Waals surface area contributed by atoms with E-state index in [1.165, 1.54) is 0 Å². The average Bonchev–Trinajstić information content (AvgIpc) is 2.78. The SMILES string of the molecule is CN(Cc1ccc(O)cc1)C(=O)CC1(N)CCCC1. The van der Waals surface area contributed by atoms with E-state index < -0.39 is 0 Å². The topological polar surface area (TPSA) is 66.6 Å². The lowest BCUT2D eigenvalue weighted by Gasteiger charge is -2.26. The number of hydrogen-bond donors (Lipinski definition) is 2. The predicted molar refractivity (Wildman–Crippen MR) is 74.6 cm³/mol. The first kappa shape index (κ1) is 13.9. The molecule has 0 spiro atoms. The van der Waals surface area contributed by atoms with Crippen LogP contribution in [0.3, 0.4) is 0 Å². The summed E-state index contributed by atoms with van der Waals surface area (Å²) in [6.45, 7) is 0.551. The third-order valence-corrected chi connectivity index (χ3v) is 3.88. The summed E-state index contributed by atoms with van der Waals surface area (Å²) in [6, 6.07) is 6.92. The number of aromatic hydroxyl groups is 1. The molecule has 4 heteroatoms. The van der Waals surface area contributed by atoms with Gasteiger partial charge in [-0.2, -0.15) is 0 Å². The van der Waals surface area contributed by atoms with Crippen LogP contribution in [-0.4, -0.2) is 28.5 Å². The van der Waals surface area contributed by atoms with Crippen LogP contribution < -0.4 is 5.73 Å². The summed E-state index contributed by atoms with van der Waals surface area (Å²) < 4.78 is 0. The summed E-state index contributed by atoms with van der Waals surface area (Å²) in [5.41, 5.74) is 6.94. The molecule has 1 amide bonds. The molecular weight excluding hydrogens is 240 g/mol. The van der Waals surface area contributed by atoms with Crippen molar-refractivity contribution in [2.75, 3.05) is 7.05 Å². The van der Waals surface area contributed by atoms with E-state index >= 15 is 0 Å². The summed E-state index contributed by atoms with van der Waals surface area (Å²) in [7, 11) is 1.80. The van der Waals surface area contributed by atoms with E-state index in [1.54, 1.807) is 24.1 Å². The molecule has 1 fully saturated rings. The van der Waals surface area contributed by atoms with Gasteiger partial charge in [0, 0.05) is 25.6 Å². The Kier molecular flexibility index (Phi) is 4.10. The van der Waals surface area contributed by atoms with Crippen molar-refractivity contribution in [2.45, 2.75) is 44.2 Å². The average molecular weight is 262 g/mol. The van der Waals surface area contributed by atoms with Gasteiger partial charge in [0.15, 0.2) is 0 Å². The zero-order valence-electron chi connectivity index (χ0n) is 11.4. The van der Waals surface area contributed by atoms with Crippen molar-refractivity contribution in [3.8, 4) is 5.75 Å². The minimum absolute atomic E-state index is 0.0949. The zero-order valence-corrected chi connectivity index (χ0v) is 11.4. The zero-order chi connectivity index (χ0) is 13.9. The van der Waals surface area contributed by atoms with E-state index in [-0.39, 0.29) is 17.2 Å². The van der Waals surface area contributed by atoms with Crippen molar-refractivity contribution in [1.82, 2.24) is 4.90 Å². The van der Waals surface area contributed by atoms with Gasteiger partial charge in [0.2, 0.25) is 5.91 Å². The molecule has 0 unspecified atom stereocenters. The van der Waals surface area contributed by atoms with E-state index in [1.807, 2.05) is 12.1 Å². The molecule has 1 aliphatic carbocycles. The molecular formula is C15H22N2O2. The number of carbonyl (C=O) groups excluding carboxylic acids is 1. The number of hydrogen-bond acceptors (Lipinski definition) is 3. The van der Waals surface area contributed by atoms with E-state index in [9.17, 15) is 9.90 Å². The van der Waals surface area contributed by atoms with Crippen molar-refractivity contribution in [3.63, 3.8) is 0 Å². The lowest BCUT2D eigenvalue weighted by molar-refractivity contribution is -0.131. The normalized spacial score (nSPS) is 17.4. The number of benzene rings is 1. The molecule has 0 aliphatic heterocycles. The van der Waals surface area contributed by atoms with Gasteiger partial charge in [-0.3, -0.25) is 4.79 Å². The number of rotatable bonds is 4. The fourth-order valence-corrected chi connectivity index (χ4v) is 2.66. The lowest BCUT2D eigenvalue weighted by Crippen LogP contribution is -2.42. The summed E-state index contributed by atoms with van der Waals surface area (Å²) in [5.74, 6) is 0.335. The van der Waals surface area contributed by atoms with Gasteiger partial charge in [-0.05, 0) is 30.5 Å². The number of phenolic OH excluding ortho intramolecular Hbond substituents is 1. The molecule has 0 bridgehead atoms. The molecule has 3 N–H and O–H groups in total. The largest absolute Gasteiger partial charge is 0.508 e. The van der Waals surface area contributed by atoms with Crippen molar-refractivity contribution in [3.05, 3.63) is 29.8 Å². The van der Waals surface area contributed by atoms with Crippen LogP contribution in [0, 0.1) is 0 Å². The summed E-state index contributed by atoms with van der Waals surface area (Å²) in [4.78, 5) is 13.9. The van der Waals surface area contributed by atoms with Gasteiger partial charge in [0.1, 0.15) is 5.75 Å². The molecule has 0 atom stereocenters. The predicted octanol–water partition coefficient (Wildman–Crippen LogP) is 2.01. The fraction of sp³-hybridized carbons (Fsp3) is 0.533. The van der Waals surface area contributed by atoms with E-state index in [4.69, 9.17) is 5.73 Å². The maximum atomic E-state index is 12.2. The van der Waals surface area contributed by atoms with E-state index in [2.05, 4.69) is 0 Å². The van der Waals surface area contributed by atoms with Crippen molar-refractivity contribution >= 4 is 5.91 Å². The molecule has 0 saturated heterocycles. The molecule has 1 saturated carbocycles. The molecule has 1 aliphatic rings. The quantitative estimate of drug-likeness (QED) is 0.872. The molecule has 4 nitrogen and oxygen atoms in total. The highest BCUT2D eigenvalue weighted by atomic mass is 16.3. The molecule has 1 aromatic carbocycles. The third-order valence-electron chi connectivity index (χ3n) is 3.88. The van der Waals surface area contributed by atoms with Gasteiger partial charge in [-0.1, -0.05) is 25.0 Å². The Bertz CT molecular complexity index is 436. The molecule has 19 heavy (non-hydrogen) atoms. The minimum Gasteiger partial charge on any atom is -0.508 e. The number of nitrogens with zero attached hydrogens (tertiary/aromatic N) is 1. The van der Waals surface area contributed by atoms with Gasteiger partial charge in [-0.15, -0.1) is 0 Å². The standard InChI is InChI=1S/C15H22N2O2/c1-17(11-12-4-6-13(18)7-5-12)14(19)10-15(16)8-2-3-9-15/h4-7,18H,2-3,8-11,16H2,1H3. The number of nitrogens with two attached hydrogens (primary N) is 1. The smallest absolute Gasteiger partial charge is 0.224 e. The maximum absolute atomic E-state index is 12.2. The highest BCUT2D eigenvalue weighted by Crippen LogP contribution is 2.30. The second-order valence-electron chi connectivity index (χ2n) is 5.66. The third kappa shape index (κ3) is 3.70. The van der Waals surface area contributed by atoms with Crippen LogP contribution in [0.5, 0.6) is 5.75 Å². The van der Waals surface area contributed by atoms with Gasteiger partial charge in [0.25, 0.3) is 0 Å². The van der Waals surface area contributed by atoms with Crippen LogP contribution in [0.1, 0.15) is 37.7 Å². The van der Waals surface area contributed by atoms with Crippen LogP contribution in [0.25, 0.3) is 0 Å². The Hall–Kier alpha value is -1.55. The Morgan fingerprint density at radius 2 is 1.89 bits per heavy atom. The molecule has 0 aromatic heterocycles. The van der Waals surface area contributed by atoms with Crippen molar-refractivity contribution < 1.29 is 9.90 Å². The Balaban J connectivity index is 1.90. The number of carbonyl (C=O) groups is 1. The van der Waals surface area contributed by atoms with Crippen LogP contribution in [0.4, 0.5) is 0 Å². The summed E-state index contributed by atoms with van der Waals surface area (Å²) in [5, 5.41) is 9.23. The number of phenols is 1. The second kappa shape index (κ2) is 5.61. The van der Waals surface area contributed by atoms with Gasteiger partial charge < -0.3 is 15.7 Å². The Labute approximate surface area is 114 Å². The van der Waals surface area contributed by atoms with Crippen molar-refractivity contribution in [2.24, 2.45) is 5.73 Å².